The third-order valence-electron chi connectivity index (χ3n) is 3.94. The van der Waals surface area contributed by atoms with Gasteiger partial charge in [0.05, 0.1) is 6.10 Å². The first kappa shape index (κ1) is 14.9. The maximum absolute atomic E-state index is 5.45. The van der Waals surface area contributed by atoms with Crippen molar-refractivity contribution in [1.82, 2.24) is 10.2 Å². The molecule has 0 bridgehead atoms. The fourth-order valence-electron chi connectivity index (χ4n) is 2.69. The average Bonchev–Trinajstić information content (AvgIpc) is 2.39. The van der Waals surface area contributed by atoms with Gasteiger partial charge in [-0.1, -0.05) is 13.8 Å². The van der Waals surface area contributed by atoms with Crippen LogP contribution in [0.25, 0.3) is 0 Å². The van der Waals surface area contributed by atoms with Crippen LogP contribution in [0.5, 0.6) is 0 Å². The van der Waals surface area contributed by atoms with Gasteiger partial charge in [-0.25, -0.2) is 0 Å². The molecule has 1 aliphatic carbocycles. The lowest BCUT2D eigenvalue weighted by Gasteiger charge is -2.29. The first-order valence-electron chi connectivity index (χ1n) is 7.28. The minimum atomic E-state index is 0.490. The quantitative estimate of drug-likeness (QED) is 0.661. The molecule has 17 heavy (non-hydrogen) atoms. The minimum absolute atomic E-state index is 0.490. The molecule has 0 radical (unpaired) electrons. The highest BCUT2D eigenvalue weighted by Gasteiger charge is 2.20. The maximum Gasteiger partial charge on any atom is 0.0586 e. The third-order valence-corrected chi connectivity index (χ3v) is 3.94. The van der Waals surface area contributed by atoms with Crippen molar-refractivity contribution in [3.63, 3.8) is 0 Å². The fraction of sp³-hybridized carbons (Fsp3) is 1.00. The Morgan fingerprint density at radius 3 is 2.65 bits per heavy atom. The molecule has 0 aliphatic heterocycles. The predicted octanol–water partition coefficient (Wildman–Crippen LogP) is 2.27. The third kappa shape index (κ3) is 5.84. The van der Waals surface area contributed by atoms with Crippen molar-refractivity contribution in [1.29, 1.82) is 0 Å². The highest BCUT2D eigenvalue weighted by atomic mass is 16.5. The van der Waals surface area contributed by atoms with E-state index in [1.54, 1.807) is 0 Å². The topological polar surface area (TPSA) is 24.5 Å². The van der Waals surface area contributed by atoms with Crippen LogP contribution in [0.1, 0.15) is 46.0 Å². The summed E-state index contributed by atoms with van der Waals surface area (Å²) >= 11 is 0. The molecule has 0 amide bonds. The number of rotatable bonds is 8. The Balaban J connectivity index is 2.05. The van der Waals surface area contributed by atoms with Crippen LogP contribution in [-0.2, 0) is 4.74 Å². The van der Waals surface area contributed by atoms with Gasteiger partial charge in [0.2, 0.25) is 0 Å². The number of hydrogen-bond donors (Lipinski definition) is 1. The van der Waals surface area contributed by atoms with Crippen LogP contribution in [0.3, 0.4) is 0 Å². The first-order chi connectivity index (χ1) is 8.30. The van der Waals surface area contributed by atoms with E-state index in [9.17, 15) is 0 Å². The van der Waals surface area contributed by atoms with Gasteiger partial charge >= 0.3 is 0 Å². The monoisotopic (exact) mass is 242 g/mol. The molecule has 1 N–H and O–H groups in total. The van der Waals surface area contributed by atoms with Crippen molar-refractivity contribution in [2.45, 2.75) is 58.1 Å². The summed E-state index contributed by atoms with van der Waals surface area (Å²) in [5.41, 5.74) is 0. The van der Waals surface area contributed by atoms with Crippen molar-refractivity contribution in [2.24, 2.45) is 0 Å². The first-order valence-corrected chi connectivity index (χ1v) is 7.28. The Labute approximate surface area is 107 Å². The van der Waals surface area contributed by atoms with Crippen LogP contribution in [0, 0.1) is 0 Å². The predicted molar refractivity (Wildman–Crippen MR) is 73.5 cm³/mol. The van der Waals surface area contributed by atoms with Gasteiger partial charge in [-0.05, 0) is 58.3 Å². The van der Waals surface area contributed by atoms with Crippen molar-refractivity contribution >= 4 is 0 Å². The van der Waals surface area contributed by atoms with Crippen molar-refractivity contribution in [2.75, 3.05) is 33.3 Å². The molecule has 0 aromatic heterocycles. The molecule has 2 unspecified atom stereocenters. The van der Waals surface area contributed by atoms with E-state index in [2.05, 4.69) is 24.1 Å². The summed E-state index contributed by atoms with van der Waals surface area (Å²) in [6.45, 7) is 9.19. The van der Waals surface area contributed by atoms with Crippen molar-refractivity contribution < 1.29 is 4.74 Å². The highest BCUT2D eigenvalue weighted by Crippen LogP contribution is 2.20. The summed E-state index contributed by atoms with van der Waals surface area (Å²) in [7, 11) is 1.84. The molecule has 3 nitrogen and oxygen atoms in total. The van der Waals surface area contributed by atoms with E-state index in [0.717, 1.165) is 6.54 Å². The summed E-state index contributed by atoms with van der Waals surface area (Å²) in [5, 5.41) is 3.68. The van der Waals surface area contributed by atoms with Gasteiger partial charge in [0.1, 0.15) is 0 Å². The van der Waals surface area contributed by atoms with Gasteiger partial charge in [-0.2, -0.15) is 0 Å². The Hall–Kier alpha value is -0.120. The van der Waals surface area contributed by atoms with E-state index in [4.69, 9.17) is 4.74 Å². The second-order valence-electron chi connectivity index (χ2n) is 5.06. The number of ether oxygens (including phenoxy) is 1. The lowest BCUT2D eigenvalue weighted by molar-refractivity contribution is 0.0588. The zero-order valence-electron chi connectivity index (χ0n) is 11.9. The van der Waals surface area contributed by atoms with Crippen LogP contribution in [0.4, 0.5) is 0 Å². The second-order valence-corrected chi connectivity index (χ2v) is 5.06. The lowest BCUT2D eigenvalue weighted by atomic mass is 9.93. The lowest BCUT2D eigenvalue weighted by Crippen LogP contribution is -2.38. The zero-order chi connectivity index (χ0) is 12.5. The van der Waals surface area contributed by atoms with Crippen LogP contribution < -0.4 is 5.32 Å². The van der Waals surface area contributed by atoms with Gasteiger partial charge in [-0.3, -0.25) is 0 Å². The SMILES string of the molecule is CCN(CC)CCCNC1CCCC(OC)C1. The van der Waals surface area contributed by atoms with Crippen LogP contribution in [-0.4, -0.2) is 50.3 Å². The molecule has 1 saturated carbocycles. The molecule has 1 aliphatic rings. The Bertz CT molecular complexity index is 183. The summed E-state index contributed by atoms with van der Waals surface area (Å²) in [6, 6.07) is 0.686. The van der Waals surface area contributed by atoms with E-state index in [0.29, 0.717) is 12.1 Å². The molecule has 2 atom stereocenters. The molecule has 0 saturated heterocycles. The second kappa shape index (κ2) is 8.90. The maximum atomic E-state index is 5.45. The van der Waals surface area contributed by atoms with E-state index in [-0.39, 0.29) is 0 Å². The average molecular weight is 242 g/mol. The van der Waals surface area contributed by atoms with Crippen molar-refractivity contribution in [3.05, 3.63) is 0 Å². The molecule has 0 aromatic rings. The van der Waals surface area contributed by atoms with Gasteiger partial charge in [0, 0.05) is 13.2 Å². The fourth-order valence-corrected chi connectivity index (χ4v) is 2.69. The normalized spacial score (nSPS) is 25.4. The molecular formula is C14H30N2O. The van der Waals surface area contributed by atoms with Gasteiger partial charge in [0.15, 0.2) is 0 Å². The van der Waals surface area contributed by atoms with E-state index < -0.39 is 0 Å². The highest BCUT2D eigenvalue weighted by molar-refractivity contribution is 4.78. The van der Waals surface area contributed by atoms with Crippen LogP contribution in [0.15, 0.2) is 0 Å². The molecule has 1 fully saturated rings. The molecular weight excluding hydrogens is 212 g/mol. The Morgan fingerprint density at radius 2 is 2.00 bits per heavy atom. The standard InChI is InChI=1S/C14H30N2O/c1-4-16(5-2)11-7-10-15-13-8-6-9-14(12-13)17-3/h13-15H,4-12H2,1-3H3. The van der Waals surface area contributed by atoms with Crippen LogP contribution in [0.2, 0.25) is 0 Å². The summed E-state index contributed by atoms with van der Waals surface area (Å²) < 4.78 is 5.45. The Morgan fingerprint density at radius 1 is 1.24 bits per heavy atom. The van der Waals surface area contributed by atoms with E-state index >= 15 is 0 Å². The molecule has 0 spiro atoms. The van der Waals surface area contributed by atoms with Crippen LogP contribution >= 0.6 is 0 Å². The molecule has 0 aromatic carbocycles. The molecule has 3 heteroatoms. The number of methoxy groups -OCH3 is 1. The van der Waals surface area contributed by atoms with Gasteiger partial charge in [0.25, 0.3) is 0 Å². The molecule has 0 heterocycles. The minimum Gasteiger partial charge on any atom is -0.381 e. The molecule has 1 rings (SSSR count). The molecule has 102 valence electrons. The smallest absolute Gasteiger partial charge is 0.0586 e. The summed E-state index contributed by atoms with van der Waals surface area (Å²) in [4.78, 5) is 2.49. The number of nitrogens with zero attached hydrogens (tertiary/aromatic N) is 1. The van der Waals surface area contributed by atoms with Crippen molar-refractivity contribution in [3.8, 4) is 0 Å². The van der Waals surface area contributed by atoms with Gasteiger partial charge in [-0.15, -0.1) is 0 Å². The zero-order valence-corrected chi connectivity index (χ0v) is 11.9. The Kier molecular flexibility index (Phi) is 7.82. The summed E-state index contributed by atoms with van der Waals surface area (Å²) in [5.74, 6) is 0. The number of nitrogens with one attached hydrogen (secondary N) is 1. The number of hydrogen-bond acceptors (Lipinski definition) is 3. The summed E-state index contributed by atoms with van der Waals surface area (Å²) in [6.07, 6.45) is 6.83. The van der Waals surface area contributed by atoms with Gasteiger partial charge < -0.3 is 15.0 Å². The van der Waals surface area contributed by atoms with E-state index in [1.807, 2.05) is 7.11 Å². The largest absolute Gasteiger partial charge is 0.381 e. The van der Waals surface area contributed by atoms with E-state index in [1.165, 1.54) is 51.7 Å².